The van der Waals surface area contributed by atoms with E-state index in [0.29, 0.717) is 56.4 Å². The van der Waals surface area contributed by atoms with Crippen molar-refractivity contribution in [1.82, 2.24) is 19.8 Å². The number of fused-ring (bicyclic) bond motifs is 1. The Morgan fingerprint density at radius 1 is 1.09 bits per heavy atom. The smallest absolute Gasteiger partial charge is 0.419 e. The summed E-state index contributed by atoms with van der Waals surface area (Å²) in [5, 5.41) is 0. The zero-order chi connectivity index (χ0) is 23.2. The summed E-state index contributed by atoms with van der Waals surface area (Å²) in [6.07, 6.45) is 2.13. The molecule has 1 aromatic heterocycles. The van der Waals surface area contributed by atoms with Gasteiger partial charge in [-0.1, -0.05) is 0 Å². The predicted molar refractivity (Wildman–Crippen MR) is 110 cm³/mol. The quantitative estimate of drug-likeness (QED) is 0.643. The molecule has 33 heavy (non-hydrogen) atoms. The maximum atomic E-state index is 13.6. The van der Waals surface area contributed by atoms with Crippen molar-refractivity contribution in [2.75, 3.05) is 26.2 Å². The van der Waals surface area contributed by atoms with Crippen LogP contribution in [0.25, 0.3) is 0 Å². The number of amides is 1. The van der Waals surface area contributed by atoms with Crippen molar-refractivity contribution >= 4 is 5.91 Å². The summed E-state index contributed by atoms with van der Waals surface area (Å²) in [6.45, 7) is 2.26. The number of halogens is 4. The van der Waals surface area contributed by atoms with Crippen LogP contribution in [0.15, 0.2) is 30.6 Å². The first-order chi connectivity index (χ1) is 15.8. The van der Waals surface area contributed by atoms with Crippen molar-refractivity contribution in [2.45, 2.75) is 49.9 Å². The Hall–Kier alpha value is -2.75. The summed E-state index contributed by atoms with van der Waals surface area (Å²) in [7, 11) is 0. The fourth-order valence-electron chi connectivity index (χ4n) is 4.69. The molecule has 3 fully saturated rings. The summed E-state index contributed by atoms with van der Waals surface area (Å²) in [6, 6.07) is 2.45. The fourth-order valence-corrected chi connectivity index (χ4v) is 4.69. The van der Waals surface area contributed by atoms with Gasteiger partial charge in [0, 0.05) is 50.1 Å². The van der Waals surface area contributed by atoms with Gasteiger partial charge in [0.15, 0.2) is 0 Å². The first kappa shape index (κ1) is 22.1. The average molecular weight is 464 g/mol. The minimum absolute atomic E-state index is 0.0303. The van der Waals surface area contributed by atoms with Crippen molar-refractivity contribution in [2.24, 2.45) is 0 Å². The molecule has 2 aromatic rings. The Morgan fingerprint density at radius 3 is 2.61 bits per heavy atom. The molecule has 3 heterocycles. The topological polar surface area (TPSA) is 58.6 Å². The van der Waals surface area contributed by atoms with E-state index in [1.54, 1.807) is 17.3 Å². The third-order valence-corrected chi connectivity index (χ3v) is 6.53. The highest BCUT2D eigenvalue weighted by Crippen LogP contribution is 2.38. The first-order valence-corrected chi connectivity index (χ1v) is 11.2. The minimum atomic E-state index is -4.86. The van der Waals surface area contributed by atoms with Gasteiger partial charge in [0.05, 0.1) is 23.7 Å². The van der Waals surface area contributed by atoms with Crippen LogP contribution in [-0.2, 0) is 6.18 Å². The monoisotopic (exact) mass is 464 g/mol. The van der Waals surface area contributed by atoms with E-state index in [9.17, 15) is 22.4 Å². The number of hydrogen-bond donors (Lipinski definition) is 0. The largest absolute Gasteiger partial charge is 0.472 e. The molecule has 176 valence electrons. The van der Waals surface area contributed by atoms with Crippen LogP contribution in [0.2, 0.25) is 0 Å². The van der Waals surface area contributed by atoms with E-state index in [1.165, 1.54) is 0 Å². The molecule has 0 radical (unpaired) electrons. The second-order valence-corrected chi connectivity index (χ2v) is 8.98. The van der Waals surface area contributed by atoms with Crippen LogP contribution in [0.3, 0.4) is 0 Å². The number of rotatable bonds is 4. The van der Waals surface area contributed by atoms with E-state index in [2.05, 4.69) is 14.9 Å². The molecule has 2 aliphatic heterocycles. The minimum Gasteiger partial charge on any atom is -0.472 e. The van der Waals surface area contributed by atoms with Crippen molar-refractivity contribution in [1.29, 1.82) is 0 Å². The Kier molecular flexibility index (Phi) is 5.72. The Morgan fingerprint density at radius 2 is 1.91 bits per heavy atom. The normalized spacial score (nSPS) is 23.8. The number of aromatic nitrogens is 2. The molecule has 0 unspecified atom stereocenters. The van der Waals surface area contributed by atoms with Crippen LogP contribution in [0.1, 0.15) is 53.2 Å². The van der Waals surface area contributed by atoms with Crippen molar-refractivity contribution in [3.8, 4) is 5.88 Å². The van der Waals surface area contributed by atoms with E-state index in [-0.39, 0.29) is 17.7 Å². The Labute approximate surface area is 188 Å². The Bertz CT molecular complexity index is 1030. The van der Waals surface area contributed by atoms with Gasteiger partial charge in [0.25, 0.3) is 5.91 Å². The van der Waals surface area contributed by atoms with Crippen LogP contribution in [0, 0.1) is 5.82 Å². The summed E-state index contributed by atoms with van der Waals surface area (Å²) >= 11 is 0. The maximum absolute atomic E-state index is 13.6. The van der Waals surface area contributed by atoms with Gasteiger partial charge in [-0.25, -0.2) is 9.37 Å². The molecular formula is C23H24F4N4O2. The number of benzene rings is 1. The van der Waals surface area contributed by atoms with E-state index < -0.39 is 23.5 Å². The van der Waals surface area contributed by atoms with E-state index in [1.807, 2.05) is 0 Å². The van der Waals surface area contributed by atoms with Gasteiger partial charge in [-0.05, 0) is 37.5 Å². The molecule has 1 saturated carbocycles. The molecule has 5 rings (SSSR count). The second-order valence-electron chi connectivity index (χ2n) is 8.98. The molecule has 0 spiro atoms. The van der Waals surface area contributed by atoms with Crippen LogP contribution in [0.5, 0.6) is 5.88 Å². The van der Waals surface area contributed by atoms with E-state index in [4.69, 9.17) is 4.74 Å². The molecule has 2 atom stereocenters. The zero-order valence-corrected chi connectivity index (χ0v) is 17.9. The van der Waals surface area contributed by atoms with Gasteiger partial charge in [0.2, 0.25) is 5.88 Å². The predicted octanol–water partition coefficient (Wildman–Crippen LogP) is 3.88. The third kappa shape index (κ3) is 4.80. The second kappa shape index (κ2) is 8.55. The molecule has 0 bridgehead atoms. The lowest BCUT2D eigenvalue weighted by Crippen LogP contribution is -2.39. The molecule has 3 aliphatic rings. The van der Waals surface area contributed by atoms with E-state index >= 15 is 0 Å². The van der Waals surface area contributed by atoms with Crippen LogP contribution in [-0.4, -0.2) is 64.0 Å². The highest BCUT2D eigenvalue weighted by Gasteiger charge is 2.38. The molecule has 0 N–H and O–H groups in total. The Balaban J connectivity index is 1.24. The zero-order valence-electron chi connectivity index (χ0n) is 17.9. The lowest BCUT2D eigenvalue weighted by molar-refractivity contribution is -0.140. The molecule has 1 aromatic carbocycles. The van der Waals surface area contributed by atoms with Crippen molar-refractivity contribution < 1.29 is 27.1 Å². The van der Waals surface area contributed by atoms with Gasteiger partial charge in [-0.15, -0.1) is 0 Å². The number of carbonyl (C=O) groups excluding carboxylic acids is 1. The molecular weight excluding hydrogens is 440 g/mol. The number of hydrogen-bond acceptors (Lipinski definition) is 5. The van der Waals surface area contributed by atoms with Gasteiger partial charge < -0.3 is 9.64 Å². The lowest BCUT2D eigenvalue weighted by atomic mass is 10.1. The third-order valence-electron chi connectivity index (χ3n) is 6.53. The summed E-state index contributed by atoms with van der Waals surface area (Å²) in [4.78, 5) is 25.6. The van der Waals surface area contributed by atoms with Gasteiger partial charge >= 0.3 is 6.18 Å². The van der Waals surface area contributed by atoms with Gasteiger partial charge in [-0.2, -0.15) is 13.2 Å². The highest BCUT2D eigenvalue weighted by atomic mass is 19.4. The first-order valence-electron chi connectivity index (χ1n) is 11.2. The summed E-state index contributed by atoms with van der Waals surface area (Å²) in [5.74, 6) is -0.910. The summed E-state index contributed by atoms with van der Waals surface area (Å²) < 4.78 is 58.8. The molecule has 10 heteroatoms. The highest BCUT2D eigenvalue weighted by molar-refractivity contribution is 5.94. The molecule has 6 nitrogen and oxygen atoms in total. The van der Waals surface area contributed by atoms with Crippen molar-refractivity contribution in [3.63, 3.8) is 0 Å². The van der Waals surface area contributed by atoms with Crippen LogP contribution in [0.4, 0.5) is 17.6 Å². The van der Waals surface area contributed by atoms with Crippen LogP contribution >= 0.6 is 0 Å². The van der Waals surface area contributed by atoms with E-state index in [0.717, 1.165) is 31.1 Å². The van der Waals surface area contributed by atoms with Crippen molar-refractivity contribution in [3.05, 3.63) is 53.2 Å². The van der Waals surface area contributed by atoms with Gasteiger partial charge in [0.1, 0.15) is 11.9 Å². The fraction of sp³-hybridized carbons (Fsp3) is 0.522. The standard InChI is InChI=1S/C23H24F4N4O2/c24-19-5-4-15(8-18(19)23(25,26)27)22(32)31-7-1-6-30-13-17(9-16(30)12-31)33-21-11-28-20(10-29-21)14-2-3-14/h4-5,8,10-11,14,16-17H,1-3,6-7,9,12-13H2/t16-,17-/m0/s1. The average Bonchev–Trinajstić information content (AvgIpc) is 3.58. The maximum Gasteiger partial charge on any atom is 0.419 e. The molecule has 2 saturated heterocycles. The molecule has 1 amide bonds. The number of ether oxygens (including phenoxy) is 1. The summed E-state index contributed by atoms with van der Waals surface area (Å²) in [5.41, 5.74) is -0.590. The number of carbonyl (C=O) groups is 1. The number of nitrogens with zero attached hydrogens (tertiary/aromatic N) is 4. The SMILES string of the molecule is O=C(c1ccc(F)c(C(F)(F)F)c1)N1CCCN2C[C@@H](Oc3cnc(C4CC4)cn3)C[C@H]2C1. The number of alkyl halides is 3. The lowest BCUT2D eigenvalue weighted by Gasteiger charge is -2.25. The molecule has 1 aliphatic carbocycles. The van der Waals surface area contributed by atoms with Gasteiger partial charge in [-0.3, -0.25) is 14.7 Å². The van der Waals surface area contributed by atoms with Crippen LogP contribution < -0.4 is 4.74 Å².